The first-order valence-electron chi connectivity index (χ1n) is 5.34. The molecule has 5 heteroatoms. The molecule has 1 saturated heterocycles. The molecule has 1 heterocycles. The molecule has 17 heavy (non-hydrogen) atoms. The van der Waals surface area contributed by atoms with Crippen molar-refractivity contribution in [3.05, 3.63) is 24.3 Å². The van der Waals surface area contributed by atoms with Crippen molar-refractivity contribution < 1.29 is 18.9 Å². The second-order valence-electron chi connectivity index (χ2n) is 3.89. The maximum atomic E-state index is 5.70. The zero-order valence-corrected chi connectivity index (χ0v) is 11.4. The smallest absolute Gasteiger partial charge is 0.226 e. The molecule has 1 aromatic carbocycles. The summed E-state index contributed by atoms with van der Waals surface area (Å²) in [6, 6.07) is 7.46. The zero-order chi connectivity index (χ0) is 12.3. The van der Waals surface area contributed by atoms with Crippen molar-refractivity contribution >= 4 is 15.9 Å². The minimum absolute atomic E-state index is 0.403. The number of hydrogen-bond donors (Lipinski definition) is 0. The standard InChI is InChI=1S/C12H15BrO4/c1-12(8-13)15-7-11(17-12)16-10-6-4-3-5-9(10)14-2/h3-6,11H,7-8H2,1-2H3. The number of alkyl halides is 1. The molecule has 0 radical (unpaired) electrons. The first kappa shape index (κ1) is 12.7. The van der Waals surface area contributed by atoms with Crippen LogP contribution in [0, 0.1) is 0 Å². The van der Waals surface area contributed by atoms with E-state index in [1.165, 1.54) is 0 Å². The summed E-state index contributed by atoms with van der Waals surface area (Å²) in [5.74, 6) is 0.720. The molecule has 0 amide bonds. The molecule has 0 bridgehead atoms. The number of methoxy groups -OCH3 is 1. The number of hydrogen-bond acceptors (Lipinski definition) is 4. The van der Waals surface area contributed by atoms with Crippen molar-refractivity contribution in [3.8, 4) is 11.5 Å². The molecule has 1 aliphatic heterocycles. The lowest BCUT2D eigenvalue weighted by atomic mass is 10.3. The van der Waals surface area contributed by atoms with Gasteiger partial charge in [-0.2, -0.15) is 0 Å². The molecule has 2 unspecified atom stereocenters. The third-order valence-corrected chi connectivity index (χ3v) is 3.49. The molecule has 2 rings (SSSR count). The minimum atomic E-state index is -0.618. The molecule has 1 fully saturated rings. The van der Waals surface area contributed by atoms with Crippen molar-refractivity contribution in [2.45, 2.75) is 19.0 Å². The van der Waals surface area contributed by atoms with Crippen LogP contribution in [-0.2, 0) is 9.47 Å². The van der Waals surface area contributed by atoms with Gasteiger partial charge in [-0.05, 0) is 19.1 Å². The molecular weight excluding hydrogens is 288 g/mol. The van der Waals surface area contributed by atoms with E-state index in [-0.39, 0.29) is 0 Å². The lowest BCUT2D eigenvalue weighted by Crippen LogP contribution is -2.29. The van der Waals surface area contributed by atoms with Crippen LogP contribution in [0.15, 0.2) is 24.3 Å². The predicted octanol–water partition coefficient (Wildman–Crippen LogP) is 2.56. The highest BCUT2D eigenvalue weighted by molar-refractivity contribution is 9.09. The summed E-state index contributed by atoms with van der Waals surface area (Å²) >= 11 is 3.34. The lowest BCUT2D eigenvalue weighted by Gasteiger charge is -2.20. The fraction of sp³-hybridized carbons (Fsp3) is 0.500. The maximum Gasteiger partial charge on any atom is 0.226 e. The van der Waals surface area contributed by atoms with Gasteiger partial charge in [-0.25, -0.2) is 0 Å². The number of benzene rings is 1. The summed E-state index contributed by atoms with van der Waals surface area (Å²) in [6.45, 7) is 2.27. The van der Waals surface area contributed by atoms with E-state index >= 15 is 0 Å². The first-order chi connectivity index (χ1) is 8.17. The largest absolute Gasteiger partial charge is 0.493 e. The maximum absolute atomic E-state index is 5.70. The second kappa shape index (κ2) is 5.25. The Balaban J connectivity index is 2.03. The van der Waals surface area contributed by atoms with Gasteiger partial charge in [0, 0.05) is 0 Å². The molecule has 94 valence electrons. The van der Waals surface area contributed by atoms with Crippen molar-refractivity contribution in [1.29, 1.82) is 0 Å². The summed E-state index contributed by atoms with van der Waals surface area (Å²) in [4.78, 5) is 0. The predicted molar refractivity (Wildman–Crippen MR) is 66.6 cm³/mol. The van der Waals surface area contributed by atoms with Gasteiger partial charge < -0.3 is 18.9 Å². The summed E-state index contributed by atoms with van der Waals surface area (Å²) in [6.07, 6.45) is -0.408. The third-order valence-electron chi connectivity index (χ3n) is 2.48. The topological polar surface area (TPSA) is 36.9 Å². The van der Waals surface area contributed by atoms with Crippen molar-refractivity contribution in [2.24, 2.45) is 0 Å². The average Bonchev–Trinajstić information content (AvgIpc) is 2.73. The van der Waals surface area contributed by atoms with E-state index in [9.17, 15) is 0 Å². The zero-order valence-electron chi connectivity index (χ0n) is 9.81. The normalized spacial score (nSPS) is 28.1. The summed E-state index contributed by atoms with van der Waals surface area (Å²) < 4.78 is 22.1. The Morgan fingerprint density at radius 2 is 2.12 bits per heavy atom. The first-order valence-corrected chi connectivity index (χ1v) is 6.46. The van der Waals surface area contributed by atoms with Crippen LogP contribution in [0.25, 0.3) is 0 Å². The summed E-state index contributed by atoms with van der Waals surface area (Å²) in [7, 11) is 1.61. The van der Waals surface area contributed by atoms with E-state index in [0.717, 1.165) is 0 Å². The van der Waals surface area contributed by atoms with Gasteiger partial charge in [0.2, 0.25) is 6.29 Å². The van der Waals surface area contributed by atoms with Crippen LogP contribution in [0.2, 0.25) is 0 Å². The SMILES string of the molecule is COc1ccccc1OC1COC(C)(CBr)O1. The molecule has 0 saturated carbocycles. The molecular formula is C12H15BrO4. The van der Waals surface area contributed by atoms with Gasteiger partial charge >= 0.3 is 0 Å². The van der Waals surface area contributed by atoms with Crippen LogP contribution in [0.5, 0.6) is 11.5 Å². The Morgan fingerprint density at radius 3 is 2.71 bits per heavy atom. The lowest BCUT2D eigenvalue weighted by molar-refractivity contribution is -0.163. The van der Waals surface area contributed by atoms with Crippen LogP contribution >= 0.6 is 15.9 Å². The van der Waals surface area contributed by atoms with Gasteiger partial charge in [-0.1, -0.05) is 28.1 Å². The van der Waals surface area contributed by atoms with Crippen molar-refractivity contribution in [3.63, 3.8) is 0 Å². The van der Waals surface area contributed by atoms with E-state index in [4.69, 9.17) is 18.9 Å². The fourth-order valence-electron chi connectivity index (χ4n) is 1.58. The Morgan fingerprint density at radius 1 is 1.41 bits per heavy atom. The molecule has 1 aromatic rings. The molecule has 0 N–H and O–H groups in total. The van der Waals surface area contributed by atoms with E-state index in [0.29, 0.717) is 23.4 Å². The van der Waals surface area contributed by atoms with E-state index < -0.39 is 12.1 Å². The number of para-hydroxylation sites is 2. The van der Waals surface area contributed by atoms with Crippen LogP contribution in [0.1, 0.15) is 6.92 Å². The van der Waals surface area contributed by atoms with Crippen LogP contribution in [0.4, 0.5) is 0 Å². The molecule has 2 atom stereocenters. The van der Waals surface area contributed by atoms with E-state index in [1.54, 1.807) is 7.11 Å². The number of halogens is 1. The Bertz CT molecular complexity index is 385. The number of rotatable bonds is 4. The highest BCUT2D eigenvalue weighted by Gasteiger charge is 2.37. The Labute approximate surface area is 109 Å². The van der Waals surface area contributed by atoms with Gasteiger partial charge in [-0.15, -0.1) is 0 Å². The number of ether oxygens (including phenoxy) is 4. The van der Waals surface area contributed by atoms with Gasteiger partial charge in [0.25, 0.3) is 0 Å². The van der Waals surface area contributed by atoms with Crippen LogP contribution in [0.3, 0.4) is 0 Å². The Kier molecular flexibility index (Phi) is 3.91. The highest BCUT2D eigenvalue weighted by atomic mass is 79.9. The molecule has 0 aliphatic carbocycles. The van der Waals surface area contributed by atoms with Gasteiger partial charge in [0.05, 0.1) is 12.4 Å². The van der Waals surface area contributed by atoms with E-state index in [1.807, 2.05) is 31.2 Å². The van der Waals surface area contributed by atoms with Crippen LogP contribution < -0.4 is 9.47 Å². The fourth-order valence-corrected chi connectivity index (χ4v) is 1.87. The molecule has 0 spiro atoms. The summed E-state index contributed by atoms with van der Waals surface area (Å²) in [5.41, 5.74) is 0. The van der Waals surface area contributed by atoms with Gasteiger partial charge in [0.1, 0.15) is 6.61 Å². The molecule has 4 nitrogen and oxygen atoms in total. The third kappa shape index (κ3) is 2.91. The van der Waals surface area contributed by atoms with Crippen molar-refractivity contribution in [1.82, 2.24) is 0 Å². The van der Waals surface area contributed by atoms with E-state index in [2.05, 4.69) is 15.9 Å². The van der Waals surface area contributed by atoms with Gasteiger partial charge in [-0.3, -0.25) is 0 Å². The van der Waals surface area contributed by atoms with Crippen LogP contribution in [-0.4, -0.2) is 31.1 Å². The average molecular weight is 303 g/mol. The Hall–Kier alpha value is -0.780. The van der Waals surface area contributed by atoms with Crippen molar-refractivity contribution in [2.75, 3.05) is 19.0 Å². The van der Waals surface area contributed by atoms with Gasteiger partial charge in [0.15, 0.2) is 17.3 Å². The highest BCUT2D eigenvalue weighted by Crippen LogP contribution is 2.31. The molecule has 0 aromatic heterocycles. The molecule has 1 aliphatic rings. The minimum Gasteiger partial charge on any atom is -0.493 e. The second-order valence-corrected chi connectivity index (χ2v) is 4.46. The monoisotopic (exact) mass is 302 g/mol. The quantitative estimate of drug-likeness (QED) is 0.801. The summed E-state index contributed by atoms with van der Waals surface area (Å²) in [5, 5.41) is 0.603.